The van der Waals surface area contributed by atoms with E-state index in [1.54, 1.807) is 0 Å². The molecule has 0 aromatic carbocycles. The van der Waals surface area contributed by atoms with Crippen molar-refractivity contribution in [1.29, 1.82) is 0 Å². The van der Waals surface area contributed by atoms with E-state index in [9.17, 15) is 4.79 Å². The van der Waals surface area contributed by atoms with Gasteiger partial charge in [-0.3, -0.25) is 0 Å². The zero-order chi connectivity index (χ0) is 16.8. The number of amides is 2. The van der Waals surface area contributed by atoms with Crippen molar-refractivity contribution < 1.29 is 4.79 Å². The number of hydrogen-bond acceptors (Lipinski definition) is 3. The van der Waals surface area contributed by atoms with Gasteiger partial charge in [-0.05, 0) is 46.3 Å². The van der Waals surface area contributed by atoms with Gasteiger partial charge in [0.15, 0.2) is 0 Å². The van der Waals surface area contributed by atoms with Crippen molar-refractivity contribution >= 4 is 6.03 Å². The highest BCUT2D eigenvalue weighted by atomic mass is 16.2. The highest BCUT2D eigenvalue weighted by Crippen LogP contribution is 2.16. The maximum atomic E-state index is 12.4. The van der Waals surface area contributed by atoms with Crippen molar-refractivity contribution in [3.63, 3.8) is 0 Å². The van der Waals surface area contributed by atoms with Crippen LogP contribution in [0.5, 0.6) is 0 Å². The highest BCUT2D eigenvalue weighted by Gasteiger charge is 2.23. The molecule has 1 aliphatic heterocycles. The van der Waals surface area contributed by atoms with Crippen LogP contribution in [0.4, 0.5) is 4.79 Å². The van der Waals surface area contributed by atoms with Crippen LogP contribution in [0.1, 0.15) is 50.8 Å². The lowest BCUT2D eigenvalue weighted by Crippen LogP contribution is -2.46. The number of nitrogens with zero attached hydrogens (tertiary/aromatic N) is 3. The van der Waals surface area contributed by atoms with Gasteiger partial charge in [-0.25, -0.2) is 9.78 Å². The second-order valence-corrected chi connectivity index (χ2v) is 6.44. The number of nitrogens with one attached hydrogen (secondary N) is 2. The fourth-order valence-corrected chi connectivity index (χ4v) is 3.15. The average Bonchev–Trinajstić information content (AvgIpc) is 2.90. The number of fused-ring (bicyclic) bond motifs is 1. The summed E-state index contributed by atoms with van der Waals surface area (Å²) in [6, 6.07) is 0.251. The SMILES string of the molecule is CCN(CC)CCC[C@H](C)NC(=O)N1CCc2nc(C)[nH]c2C1. The lowest BCUT2D eigenvalue weighted by atomic mass is 10.1. The Morgan fingerprint density at radius 2 is 2.17 bits per heavy atom. The first kappa shape index (κ1) is 17.8. The summed E-state index contributed by atoms with van der Waals surface area (Å²) in [6.45, 7) is 13.1. The van der Waals surface area contributed by atoms with E-state index < -0.39 is 0 Å². The minimum Gasteiger partial charge on any atom is -0.344 e. The third-order valence-electron chi connectivity index (χ3n) is 4.61. The monoisotopic (exact) mass is 321 g/mol. The molecule has 0 fully saturated rings. The van der Waals surface area contributed by atoms with Crippen LogP contribution >= 0.6 is 0 Å². The predicted octanol–water partition coefficient (Wildman–Crippen LogP) is 2.30. The molecule has 0 radical (unpaired) electrons. The molecule has 2 amide bonds. The molecule has 130 valence electrons. The quantitative estimate of drug-likeness (QED) is 0.810. The van der Waals surface area contributed by atoms with Gasteiger partial charge in [-0.2, -0.15) is 0 Å². The number of aromatic nitrogens is 2. The summed E-state index contributed by atoms with van der Waals surface area (Å²) in [5.41, 5.74) is 2.19. The number of aromatic amines is 1. The second kappa shape index (κ2) is 8.34. The Bertz CT molecular complexity index is 509. The first-order valence-corrected chi connectivity index (χ1v) is 8.85. The summed E-state index contributed by atoms with van der Waals surface area (Å²) >= 11 is 0. The van der Waals surface area contributed by atoms with E-state index in [0.29, 0.717) is 6.54 Å². The molecule has 0 aliphatic carbocycles. The van der Waals surface area contributed by atoms with Gasteiger partial charge >= 0.3 is 6.03 Å². The minimum absolute atomic E-state index is 0.0400. The fourth-order valence-electron chi connectivity index (χ4n) is 3.15. The van der Waals surface area contributed by atoms with E-state index in [0.717, 1.165) is 62.7 Å². The Kier molecular flexibility index (Phi) is 6.45. The number of carbonyl (C=O) groups excluding carboxylic acids is 1. The Labute approximate surface area is 139 Å². The number of carbonyl (C=O) groups is 1. The second-order valence-electron chi connectivity index (χ2n) is 6.44. The van der Waals surface area contributed by atoms with Crippen LogP contribution in [0.25, 0.3) is 0 Å². The van der Waals surface area contributed by atoms with Gasteiger partial charge in [0.25, 0.3) is 0 Å². The van der Waals surface area contributed by atoms with Gasteiger partial charge in [-0.15, -0.1) is 0 Å². The smallest absolute Gasteiger partial charge is 0.317 e. The van der Waals surface area contributed by atoms with Crippen molar-refractivity contribution in [3.8, 4) is 0 Å². The molecule has 2 rings (SSSR count). The van der Waals surface area contributed by atoms with E-state index in [1.807, 2.05) is 11.8 Å². The molecule has 6 nitrogen and oxygen atoms in total. The summed E-state index contributed by atoms with van der Waals surface area (Å²) in [7, 11) is 0. The maximum Gasteiger partial charge on any atom is 0.317 e. The topological polar surface area (TPSA) is 64.3 Å². The maximum absolute atomic E-state index is 12.4. The number of aryl methyl sites for hydroxylation is 1. The van der Waals surface area contributed by atoms with Crippen LogP contribution in [0.15, 0.2) is 0 Å². The number of urea groups is 1. The van der Waals surface area contributed by atoms with E-state index in [-0.39, 0.29) is 12.1 Å². The van der Waals surface area contributed by atoms with Crippen LogP contribution in [-0.2, 0) is 13.0 Å². The van der Waals surface area contributed by atoms with Crippen LogP contribution in [0.3, 0.4) is 0 Å². The molecule has 0 unspecified atom stereocenters. The Balaban J connectivity index is 1.74. The molecule has 23 heavy (non-hydrogen) atoms. The van der Waals surface area contributed by atoms with E-state index in [2.05, 4.69) is 41.0 Å². The number of hydrogen-bond donors (Lipinski definition) is 2. The fraction of sp³-hybridized carbons (Fsp3) is 0.765. The van der Waals surface area contributed by atoms with Gasteiger partial charge < -0.3 is 20.1 Å². The van der Waals surface area contributed by atoms with Gasteiger partial charge in [0.1, 0.15) is 5.82 Å². The van der Waals surface area contributed by atoms with Gasteiger partial charge in [0, 0.05) is 19.0 Å². The van der Waals surface area contributed by atoms with Crippen LogP contribution in [0, 0.1) is 6.92 Å². The van der Waals surface area contributed by atoms with E-state index in [4.69, 9.17) is 0 Å². The average molecular weight is 321 g/mol. The van der Waals surface area contributed by atoms with E-state index >= 15 is 0 Å². The standard InChI is InChI=1S/C17H31N5O/c1-5-21(6-2)10-7-8-13(3)18-17(23)22-11-9-15-16(12-22)20-14(4)19-15/h13H,5-12H2,1-4H3,(H,18,23)(H,19,20)/t13-/m0/s1. The van der Waals surface area contributed by atoms with Crippen molar-refractivity contribution in [2.75, 3.05) is 26.2 Å². The molecule has 0 bridgehead atoms. The lowest BCUT2D eigenvalue weighted by Gasteiger charge is -2.28. The molecular formula is C17H31N5O. The molecule has 2 heterocycles. The summed E-state index contributed by atoms with van der Waals surface area (Å²) in [4.78, 5) is 24.4. The predicted molar refractivity (Wildman–Crippen MR) is 92.5 cm³/mol. The molecule has 0 saturated heterocycles. The molecule has 1 aromatic rings. The Morgan fingerprint density at radius 1 is 1.43 bits per heavy atom. The first-order chi connectivity index (χ1) is 11.0. The number of rotatable bonds is 7. The molecule has 2 N–H and O–H groups in total. The first-order valence-electron chi connectivity index (χ1n) is 8.85. The van der Waals surface area contributed by atoms with Crippen molar-refractivity contribution in [2.45, 2.75) is 59.5 Å². The molecule has 1 aromatic heterocycles. The van der Waals surface area contributed by atoms with Crippen molar-refractivity contribution in [2.24, 2.45) is 0 Å². The molecule has 1 aliphatic rings. The molecule has 6 heteroatoms. The summed E-state index contributed by atoms with van der Waals surface area (Å²) in [5, 5.41) is 3.13. The van der Waals surface area contributed by atoms with Gasteiger partial charge in [0.2, 0.25) is 0 Å². The third-order valence-corrected chi connectivity index (χ3v) is 4.61. The molecule has 0 spiro atoms. The molecule has 0 saturated carbocycles. The number of H-pyrrole nitrogens is 1. The van der Waals surface area contributed by atoms with E-state index in [1.165, 1.54) is 0 Å². The Morgan fingerprint density at radius 3 is 2.87 bits per heavy atom. The van der Waals surface area contributed by atoms with Gasteiger partial charge in [-0.1, -0.05) is 13.8 Å². The van der Waals surface area contributed by atoms with Gasteiger partial charge in [0.05, 0.1) is 17.9 Å². The summed E-state index contributed by atoms with van der Waals surface area (Å²) in [6.07, 6.45) is 2.97. The van der Waals surface area contributed by atoms with Crippen molar-refractivity contribution in [3.05, 3.63) is 17.2 Å². The zero-order valence-electron chi connectivity index (χ0n) is 15.0. The van der Waals surface area contributed by atoms with Crippen LogP contribution in [0.2, 0.25) is 0 Å². The summed E-state index contributed by atoms with van der Waals surface area (Å²) < 4.78 is 0. The molecule has 1 atom stereocenters. The highest BCUT2D eigenvalue weighted by molar-refractivity contribution is 5.74. The summed E-state index contributed by atoms with van der Waals surface area (Å²) in [5.74, 6) is 0.932. The largest absolute Gasteiger partial charge is 0.344 e. The number of imidazole rings is 1. The van der Waals surface area contributed by atoms with Crippen LogP contribution < -0.4 is 5.32 Å². The third kappa shape index (κ3) is 4.96. The molecular weight excluding hydrogens is 290 g/mol. The normalized spacial score (nSPS) is 15.6. The Hall–Kier alpha value is -1.56. The lowest BCUT2D eigenvalue weighted by molar-refractivity contribution is 0.187. The minimum atomic E-state index is 0.0400. The van der Waals surface area contributed by atoms with Crippen LogP contribution in [-0.4, -0.2) is 58.0 Å². The van der Waals surface area contributed by atoms with Crippen molar-refractivity contribution in [1.82, 2.24) is 25.1 Å². The zero-order valence-corrected chi connectivity index (χ0v) is 15.0.